The summed E-state index contributed by atoms with van der Waals surface area (Å²) in [6, 6.07) is 0. The molecule has 0 aromatic heterocycles. The van der Waals surface area contributed by atoms with Crippen LogP contribution in [0.5, 0.6) is 0 Å². The number of allylic oxidation sites excluding steroid dienone is 1. The number of aliphatic carboxylic acids is 1. The van der Waals surface area contributed by atoms with Crippen molar-refractivity contribution in [2.45, 2.75) is 96.5 Å². The van der Waals surface area contributed by atoms with Crippen LogP contribution in [0.3, 0.4) is 0 Å². The molecule has 0 aliphatic heterocycles. The molecule has 0 rings (SSSR count). The van der Waals surface area contributed by atoms with Crippen LogP contribution in [0.1, 0.15) is 90.4 Å². The Labute approximate surface area is 236 Å². The molecule has 0 heterocycles. The van der Waals surface area contributed by atoms with E-state index in [2.05, 4.69) is 19.1 Å². The van der Waals surface area contributed by atoms with Crippen molar-refractivity contribution in [3.63, 3.8) is 0 Å². The van der Waals surface area contributed by atoms with E-state index in [-0.39, 0.29) is 117 Å². The van der Waals surface area contributed by atoms with Gasteiger partial charge in [0.25, 0.3) is 0 Å². The number of rotatable bonds is 15. The normalized spacial score (nSPS) is 11.2. The van der Waals surface area contributed by atoms with Crippen molar-refractivity contribution in [1.82, 2.24) is 0 Å². The maximum absolute atomic E-state index is 10.3. The summed E-state index contributed by atoms with van der Waals surface area (Å²) >= 11 is 0. The van der Waals surface area contributed by atoms with Gasteiger partial charge in [-0.3, -0.25) is 4.79 Å². The van der Waals surface area contributed by atoms with Crippen molar-refractivity contribution in [3.05, 3.63) is 12.2 Å². The van der Waals surface area contributed by atoms with E-state index in [1.807, 2.05) is 0 Å². The summed E-state index contributed by atoms with van der Waals surface area (Å²) in [4.78, 5) is 10.3. The van der Waals surface area contributed by atoms with Crippen LogP contribution >= 0.6 is 0 Å². The molecule has 0 aliphatic carbocycles. The van der Waals surface area contributed by atoms with E-state index in [0.29, 0.717) is 6.42 Å². The molecule has 0 saturated carbocycles. The minimum atomic E-state index is -0.689. The molecule has 130 valence electrons. The molecule has 0 spiro atoms. The summed E-state index contributed by atoms with van der Waals surface area (Å²) in [5.41, 5.74) is 0. The average molecular weight is 387 g/mol. The van der Waals surface area contributed by atoms with Crippen LogP contribution in [0, 0.1) is 0 Å². The van der Waals surface area contributed by atoms with E-state index >= 15 is 0 Å². The van der Waals surface area contributed by atoms with E-state index in [4.69, 9.17) is 5.11 Å². The quantitative estimate of drug-likeness (QED) is 0.258. The van der Waals surface area contributed by atoms with Crippen LogP contribution < -0.4 is 0 Å². The third-order valence-corrected chi connectivity index (χ3v) is 3.73. The monoisotopic (exact) mass is 386 g/mol. The third kappa shape index (κ3) is 29.6. The summed E-state index contributed by atoms with van der Waals surface area (Å²) in [5.74, 6) is -0.689. The van der Waals surface area contributed by atoms with Gasteiger partial charge in [0, 0.05) is 6.42 Å². The van der Waals surface area contributed by atoms with Gasteiger partial charge in [0.2, 0.25) is 0 Å². The van der Waals surface area contributed by atoms with Crippen molar-refractivity contribution >= 4 is 116 Å². The first-order valence-corrected chi connectivity index (χ1v) is 8.71. The van der Waals surface area contributed by atoms with Gasteiger partial charge in [0.05, 0.1) is 6.10 Å². The van der Waals surface area contributed by atoms with Gasteiger partial charge in [-0.15, -0.1) is 0 Å². The molecule has 1 atom stereocenters. The van der Waals surface area contributed by atoms with E-state index in [1.165, 1.54) is 25.7 Å². The molecule has 0 saturated heterocycles. The van der Waals surface area contributed by atoms with Crippen LogP contribution in [0.2, 0.25) is 0 Å². The third-order valence-electron chi connectivity index (χ3n) is 3.73. The molecule has 24 heavy (non-hydrogen) atoms. The first-order valence-electron chi connectivity index (χ1n) is 8.71. The zero-order chi connectivity index (χ0) is 15.8. The van der Waals surface area contributed by atoms with Gasteiger partial charge in [-0.2, -0.15) is 0 Å². The van der Waals surface area contributed by atoms with Crippen LogP contribution in [0.4, 0.5) is 0 Å². The number of unbranched alkanes of at least 4 members (excludes halogenated alkanes) is 8. The fourth-order valence-electron chi connectivity index (χ4n) is 2.36. The molecule has 0 amide bonds. The maximum atomic E-state index is 10.3. The van der Waals surface area contributed by atoms with Gasteiger partial charge in [0.1, 0.15) is 0 Å². The fraction of sp³-hybridized carbons (Fsp3) is 0.833. The van der Waals surface area contributed by atoms with E-state index < -0.39 is 5.97 Å². The molecular formula is C18H37KNa2O3. The first-order chi connectivity index (χ1) is 10.2. The van der Waals surface area contributed by atoms with Crippen molar-refractivity contribution in [1.29, 1.82) is 0 Å². The van der Waals surface area contributed by atoms with Gasteiger partial charge in [-0.25, -0.2) is 0 Å². The molecule has 0 aromatic carbocycles. The minimum absolute atomic E-state index is 0. The summed E-state index contributed by atoms with van der Waals surface area (Å²) in [6.07, 6.45) is 17.4. The molecule has 0 aliphatic rings. The molecule has 2 N–H and O–H groups in total. The Morgan fingerprint density at radius 1 is 0.917 bits per heavy atom. The summed E-state index contributed by atoms with van der Waals surface area (Å²) < 4.78 is 0. The summed E-state index contributed by atoms with van der Waals surface area (Å²) in [6.45, 7) is 2.20. The molecule has 3 nitrogen and oxygen atoms in total. The van der Waals surface area contributed by atoms with Crippen molar-refractivity contribution < 1.29 is 15.0 Å². The molecule has 6 heteroatoms. The Morgan fingerprint density at radius 2 is 1.50 bits per heavy atom. The number of aliphatic hydroxyl groups is 1. The first kappa shape index (κ1) is 34.3. The second kappa shape index (κ2) is 28.0. The van der Waals surface area contributed by atoms with Gasteiger partial charge >= 0.3 is 116 Å². The fourth-order valence-corrected chi connectivity index (χ4v) is 2.36. The number of hydrogen-bond donors (Lipinski definition) is 2. The number of carboxylic acid groups (broad SMARTS) is 1. The topological polar surface area (TPSA) is 57.5 Å². The number of carbonyl (C=O) groups is 1. The van der Waals surface area contributed by atoms with Gasteiger partial charge in [-0.05, 0) is 32.1 Å². The Kier molecular flexibility index (Phi) is 40.1. The Bertz CT molecular complexity index is 277. The molecule has 0 radical (unpaired) electrons. The average Bonchev–Trinajstić information content (AvgIpc) is 2.45. The Hall–Kier alpha value is 2.81. The van der Waals surface area contributed by atoms with Crippen LogP contribution in [-0.2, 0) is 4.79 Å². The summed E-state index contributed by atoms with van der Waals surface area (Å²) in [7, 11) is 0. The predicted molar refractivity (Wildman–Crippen MR) is 110 cm³/mol. The van der Waals surface area contributed by atoms with Crippen molar-refractivity contribution in [2.24, 2.45) is 0 Å². The zero-order valence-electron chi connectivity index (χ0n) is 13.7. The van der Waals surface area contributed by atoms with Gasteiger partial charge < -0.3 is 10.2 Å². The van der Waals surface area contributed by atoms with E-state index in [0.717, 1.165) is 51.4 Å². The summed E-state index contributed by atoms with van der Waals surface area (Å²) in [5, 5.41) is 18.3. The van der Waals surface area contributed by atoms with Crippen LogP contribution in [0.25, 0.3) is 0 Å². The molecule has 0 unspecified atom stereocenters. The van der Waals surface area contributed by atoms with Crippen LogP contribution in [-0.4, -0.2) is 133 Å². The number of carboxylic acids is 1. The molecule has 0 bridgehead atoms. The van der Waals surface area contributed by atoms with E-state index in [1.54, 1.807) is 0 Å². The SMILES string of the molecule is CCCCCC[C@@H](O)C/C=C\CCCCCCCC(=O)O.[KH].[NaH].[NaH]. The number of aliphatic hydroxyl groups excluding tert-OH is 1. The second-order valence-electron chi connectivity index (χ2n) is 5.91. The van der Waals surface area contributed by atoms with Gasteiger partial charge in [0.15, 0.2) is 0 Å². The van der Waals surface area contributed by atoms with Crippen LogP contribution in [0.15, 0.2) is 12.2 Å². The van der Waals surface area contributed by atoms with Crippen molar-refractivity contribution in [2.75, 3.05) is 0 Å². The second-order valence-corrected chi connectivity index (χ2v) is 5.91. The standard InChI is InChI=1S/C18H34O3.K.2Na.3H/c1-2-3-4-11-14-17(19)15-12-9-7-5-6-8-10-13-16-18(20)21;;;;;;/h9,12,17,19H,2-8,10-11,13-16H2,1H3,(H,20,21);;;;;;/b12-9-;;;;;;/t17-;;;;;;/m1....../s1. The predicted octanol–water partition coefficient (Wildman–Crippen LogP) is 3.13. The van der Waals surface area contributed by atoms with Gasteiger partial charge in [-0.1, -0.05) is 64.0 Å². The van der Waals surface area contributed by atoms with Crippen molar-refractivity contribution in [3.8, 4) is 0 Å². The number of hydrogen-bond acceptors (Lipinski definition) is 2. The molecule has 0 fully saturated rings. The Morgan fingerprint density at radius 3 is 2.12 bits per heavy atom. The zero-order valence-corrected chi connectivity index (χ0v) is 13.7. The Balaban J connectivity index is -0.000000667. The molecule has 0 aromatic rings. The molecular weight excluding hydrogens is 349 g/mol. The van der Waals surface area contributed by atoms with E-state index in [9.17, 15) is 9.90 Å².